The molecule has 0 aliphatic carbocycles. The second-order valence-electron chi connectivity index (χ2n) is 11.0. The second-order valence-corrected chi connectivity index (χ2v) is 13.0. The van der Waals surface area contributed by atoms with Gasteiger partial charge in [0.1, 0.15) is 10.7 Å². The zero-order chi connectivity index (χ0) is 30.4. The van der Waals surface area contributed by atoms with Gasteiger partial charge in [0.25, 0.3) is 11.8 Å². The molecule has 0 bridgehead atoms. The molecule has 2 amide bonds. The van der Waals surface area contributed by atoms with E-state index in [0.717, 1.165) is 54.4 Å². The van der Waals surface area contributed by atoms with Crippen LogP contribution in [0.4, 0.5) is 4.39 Å². The first-order valence-electron chi connectivity index (χ1n) is 14.6. The van der Waals surface area contributed by atoms with E-state index in [9.17, 15) is 18.0 Å². The van der Waals surface area contributed by atoms with Crippen LogP contribution in [0.1, 0.15) is 70.5 Å². The van der Waals surface area contributed by atoms with E-state index in [4.69, 9.17) is 0 Å². The number of nitrogens with zero attached hydrogens (tertiary/aromatic N) is 1. The number of rotatable bonds is 10. The van der Waals surface area contributed by atoms with E-state index in [1.165, 1.54) is 12.1 Å². The molecule has 1 fully saturated rings. The summed E-state index contributed by atoms with van der Waals surface area (Å²) in [5.74, 6) is -1.27. The number of carbonyl (C=O) groups excluding carboxylic acids is 2. The molecule has 1 aliphatic heterocycles. The molecule has 1 atom stereocenters. The Morgan fingerprint density at radius 1 is 1.05 bits per heavy atom. The molecule has 0 radical (unpaired) electrons. The quantitative estimate of drug-likeness (QED) is 0.333. The number of nitrogens with one attached hydrogen (secondary N) is 2. The van der Waals surface area contributed by atoms with E-state index in [0.29, 0.717) is 25.1 Å². The lowest BCUT2D eigenvalue weighted by atomic mass is 9.97. The SMILES string of the molecule is CCCN(Cc1cc(-c2ccc(C(=O)NC3CCCNC3)cc2)ccc1C)C(=O)c1ccc(S(C)(=O)=O)c(F)c1CC. The predicted molar refractivity (Wildman–Crippen MR) is 164 cm³/mol. The zero-order valence-electron chi connectivity index (χ0n) is 24.8. The van der Waals surface area contributed by atoms with Crippen molar-refractivity contribution in [3.8, 4) is 11.1 Å². The standard InChI is InChI=1S/C33H40FN3O4S/c1-5-18-37(33(39)29-15-16-30(42(4,40)41)31(34)28(29)6-2)21-26-19-25(10-9-22(26)3)23-11-13-24(14-12-23)32(38)36-27-8-7-17-35-20-27/h9-16,19,27,35H,5-8,17-18,20-21H2,1-4H3,(H,36,38). The molecule has 1 aliphatic rings. The fourth-order valence-corrected chi connectivity index (χ4v) is 6.17. The normalized spacial score (nSPS) is 15.3. The number of amides is 2. The molecule has 3 aromatic carbocycles. The van der Waals surface area contributed by atoms with Crippen LogP contribution in [-0.2, 0) is 22.8 Å². The molecular formula is C33H40FN3O4S. The molecule has 3 aromatic rings. The molecule has 7 nitrogen and oxygen atoms in total. The predicted octanol–water partition coefficient (Wildman–Crippen LogP) is 5.30. The van der Waals surface area contributed by atoms with Crippen molar-refractivity contribution in [2.45, 2.75) is 63.9 Å². The Morgan fingerprint density at radius 2 is 1.76 bits per heavy atom. The molecule has 0 saturated carbocycles. The molecule has 1 unspecified atom stereocenters. The smallest absolute Gasteiger partial charge is 0.254 e. The van der Waals surface area contributed by atoms with Gasteiger partial charge in [-0.05, 0) is 91.7 Å². The number of sulfone groups is 1. The molecule has 0 aromatic heterocycles. The van der Waals surface area contributed by atoms with Gasteiger partial charge in [0.05, 0.1) is 0 Å². The molecule has 1 saturated heterocycles. The van der Waals surface area contributed by atoms with Crippen LogP contribution in [0, 0.1) is 12.7 Å². The maximum Gasteiger partial charge on any atom is 0.254 e. The lowest BCUT2D eigenvalue weighted by molar-refractivity contribution is 0.0740. The van der Waals surface area contributed by atoms with Gasteiger partial charge >= 0.3 is 0 Å². The summed E-state index contributed by atoms with van der Waals surface area (Å²) in [7, 11) is -3.76. The second kappa shape index (κ2) is 13.6. The fraction of sp³-hybridized carbons (Fsp3) is 0.394. The first kappa shape index (κ1) is 31.4. The third kappa shape index (κ3) is 7.25. The van der Waals surface area contributed by atoms with Gasteiger partial charge in [0.15, 0.2) is 9.84 Å². The molecule has 0 spiro atoms. The van der Waals surface area contributed by atoms with Crippen LogP contribution in [0.2, 0.25) is 0 Å². The maximum absolute atomic E-state index is 15.2. The Labute approximate surface area is 248 Å². The molecule has 2 N–H and O–H groups in total. The van der Waals surface area contributed by atoms with E-state index in [2.05, 4.69) is 10.6 Å². The van der Waals surface area contributed by atoms with Crippen LogP contribution in [0.5, 0.6) is 0 Å². The van der Waals surface area contributed by atoms with Gasteiger partial charge in [0, 0.05) is 48.6 Å². The molecule has 9 heteroatoms. The minimum atomic E-state index is -3.76. The average molecular weight is 594 g/mol. The van der Waals surface area contributed by atoms with Gasteiger partial charge in [-0.25, -0.2) is 12.8 Å². The van der Waals surface area contributed by atoms with Crippen molar-refractivity contribution in [2.75, 3.05) is 25.9 Å². The van der Waals surface area contributed by atoms with E-state index in [1.807, 2.05) is 56.3 Å². The number of aryl methyl sites for hydroxylation is 1. The van der Waals surface area contributed by atoms with Crippen molar-refractivity contribution >= 4 is 21.7 Å². The molecule has 4 rings (SSSR count). The van der Waals surface area contributed by atoms with Crippen LogP contribution in [0.15, 0.2) is 59.5 Å². The summed E-state index contributed by atoms with van der Waals surface area (Å²) in [6.07, 6.45) is 3.88. The maximum atomic E-state index is 15.2. The van der Waals surface area contributed by atoms with E-state index in [-0.39, 0.29) is 35.4 Å². The van der Waals surface area contributed by atoms with Crippen LogP contribution < -0.4 is 10.6 Å². The number of hydrogen-bond acceptors (Lipinski definition) is 5. The monoisotopic (exact) mass is 593 g/mol. The van der Waals surface area contributed by atoms with Crippen LogP contribution in [-0.4, -0.2) is 57.1 Å². The topological polar surface area (TPSA) is 95.6 Å². The third-order valence-electron chi connectivity index (χ3n) is 7.79. The summed E-state index contributed by atoms with van der Waals surface area (Å²) in [5, 5.41) is 6.41. The van der Waals surface area contributed by atoms with Gasteiger partial charge in [0.2, 0.25) is 0 Å². The summed E-state index contributed by atoms with van der Waals surface area (Å²) in [4.78, 5) is 27.7. The highest BCUT2D eigenvalue weighted by Crippen LogP contribution is 2.27. The van der Waals surface area contributed by atoms with Gasteiger partial charge < -0.3 is 15.5 Å². The lowest BCUT2D eigenvalue weighted by Crippen LogP contribution is -2.45. The minimum Gasteiger partial charge on any atom is -0.348 e. The first-order valence-corrected chi connectivity index (χ1v) is 16.4. The Kier molecular flexibility index (Phi) is 10.2. The number of hydrogen-bond donors (Lipinski definition) is 2. The summed E-state index contributed by atoms with van der Waals surface area (Å²) < 4.78 is 39.3. The Morgan fingerprint density at radius 3 is 2.38 bits per heavy atom. The van der Waals surface area contributed by atoms with Crippen molar-refractivity contribution in [3.05, 3.63) is 88.2 Å². The Balaban J connectivity index is 1.56. The number of carbonyl (C=O) groups is 2. The van der Waals surface area contributed by atoms with E-state index in [1.54, 1.807) is 11.8 Å². The van der Waals surface area contributed by atoms with Crippen molar-refractivity contribution in [2.24, 2.45) is 0 Å². The first-order chi connectivity index (χ1) is 20.0. The number of halogens is 1. The summed E-state index contributed by atoms with van der Waals surface area (Å²) in [5.41, 5.74) is 4.78. The molecule has 1 heterocycles. The van der Waals surface area contributed by atoms with Crippen molar-refractivity contribution < 1.29 is 22.4 Å². The highest BCUT2D eigenvalue weighted by atomic mass is 32.2. The minimum absolute atomic E-state index is 0.0824. The van der Waals surface area contributed by atoms with E-state index < -0.39 is 20.5 Å². The summed E-state index contributed by atoms with van der Waals surface area (Å²) in [6.45, 7) is 8.22. The molecular weight excluding hydrogens is 553 g/mol. The Hall–Kier alpha value is -3.56. The van der Waals surface area contributed by atoms with Crippen LogP contribution in [0.3, 0.4) is 0 Å². The van der Waals surface area contributed by atoms with Crippen molar-refractivity contribution in [1.82, 2.24) is 15.5 Å². The van der Waals surface area contributed by atoms with E-state index >= 15 is 4.39 Å². The third-order valence-corrected chi connectivity index (χ3v) is 8.91. The van der Waals surface area contributed by atoms with Gasteiger partial charge in [-0.2, -0.15) is 0 Å². The van der Waals surface area contributed by atoms with Gasteiger partial charge in [-0.1, -0.05) is 38.1 Å². The van der Waals surface area contributed by atoms with Gasteiger partial charge in [-0.3, -0.25) is 9.59 Å². The summed E-state index contributed by atoms with van der Waals surface area (Å²) >= 11 is 0. The zero-order valence-corrected chi connectivity index (χ0v) is 25.6. The number of piperidine rings is 1. The van der Waals surface area contributed by atoms with Crippen molar-refractivity contribution in [1.29, 1.82) is 0 Å². The Bertz CT molecular complexity index is 1550. The average Bonchev–Trinajstić information content (AvgIpc) is 2.97. The molecule has 224 valence electrons. The van der Waals surface area contributed by atoms with Crippen LogP contribution >= 0.6 is 0 Å². The fourth-order valence-electron chi connectivity index (χ4n) is 5.41. The molecule has 42 heavy (non-hydrogen) atoms. The number of benzene rings is 3. The lowest BCUT2D eigenvalue weighted by Gasteiger charge is -2.25. The largest absolute Gasteiger partial charge is 0.348 e. The highest BCUT2D eigenvalue weighted by molar-refractivity contribution is 7.90. The van der Waals surface area contributed by atoms with Crippen LogP contribution in [0.25, 0.3) is 11.1 Å². The van der Waals surface area contributed by atoms with Crippen molar-refractivity contribution in [3.63, 3.8) is 0 Å². The van der Waals surface area contributed by atoms with Gasteiger partial charge in [-0.15, -0.1) is 0 Å². The highest BCUT2D eigenvalue weighted by Gasteiger charge is 2.25. The summed E-state index contributed by atoms with van der Waals surface area (Å²) in [6, 6.07) is 16.3.